The fourth-order valence-corrected chi connectivity index (χ4v) is 2.48. The molecule has 0 atom stereocenters. The van der Waals surface area contributed by atoms with Crippen LogP contribution in [0.2, 0.25) is 0 Å². The molecule has 2 N–H and O–H groups in total. The number of anilines is 1. The second-order valence-electron chi connectivity index (χ2n) is 3.42. The van der Waals surface area contributed by atoms with Crippen LogP contribution in [0.3, 0.4) is 0 Å². The predicted octanol–water partition coefficient (Wildman–Crippen LogP) is 4.05. The van der Waals surface area contributed by atoms with E-state index in [1.807, 2.05) is 36.4 Å². The van der Waals surface area contributed by atoms with Gasteiger partial charge in [-0.1, -0.05) is 27.7 Å². The third-order valence-corrected chi connectivity index (χ3v) is 3.72. The topological polar surface area (TPSA) is 49.8 Å². The van der Waals surface area contributed by atoms with Crippen molar-refractivity contribution in [3.05, 3.63) is 52.5 Å². The first-order valence-electron chi connectivity index (χ1n) is 4.92. The molecule has 0 bridgehead atoms. The molecule has 0 spiro atoms. The lowest BCUT2D eigenvalue weighted by Crippen LogP contribution is -1.89. The van der Waals surface area contributed by atoms with Crippen LogP contribution in [-0.4, -0.2) is 0 Å². The van der Waals surface area contributed by atoms with Crippen LogP contribution in [-0.2, 0) is 0 Å². The van der Waals surface area contributed by atoms with Gasteiger partial charge in [-0.15, -0.1) is 0 Å². The van der Waals surface area contributed by atoms with Gasteiger partial charge >= 0.3 is 0 Å². The molecule has 2 aromatic rings. The van der Waals surface area contributed by atoms with Crippen molar-refractivity contribution in [2.75, 3.05) is 5.73 Å². The van der Waals surface area contributed by atoms with Gasteiger partial charge in [-0.25, -0.2) is 0 Å². The zero-order chi connectivity index (χ0) is 12.3. The first-order chi connectivity index (χ1) is 8.19. The molecule has 17 heavy (non-hydrogen) atoms. The van der Waals surface area contributed by atoms with E-state index in [1.54, 1.807) is 17.8 Å². The molecule has 0 amide bonds. The van der Waals surface area contributed by atoms with E-state index in [2.05, 4.69) is 22.0 Å². The van der Waals surface area contributed by atoms with Gasteiger partial charge in [-0.2, -0.15) is 5.26 Å². The molecular weight excluding hydrogens is 296 g/mol. The third kappa shape index (κ3) is 3.02. The molecule has 0 heterocycles. The Balaban J connectivity index is 2.22. The van der Waals surface area contributed by atoms with Gasteiger partial charge in [-0.3, -0.25) is 0 Å². The van der Waals surface area contributed by atoms with Gasteiger partial charge in [0.25, 0.3) is 0 Å². The normalized spacial score (nSPS) is 9.88. The number of nitrogen functional groups attached to an aromatic ring is 1. The Hall–Kier alpha value is -1.44. The average molecular weight is 305 g/mol. The molecule has 0 aliphatic carbocycles. The highest BCUT2D eigenvalue weighted by atomic mass is 79.9. The summed E-state index contributed by atoms with van der Waals surface area (Å²) in [6, 6.07) is 15.6. The van der Waals surface area contributed by atoms with Crippen LogP contribution in [0.25, 0.3) is 0 Å². The van der Waals surface area contributed by atoms with Crippen LogP contribution in [0.4, 0.5) is 5.69 Å². The fraction of sp³-hybridized carbons (Fsp3) is 0. The summed E-state index contributed by atoms with van der Waals surface area (Å²) in [4.78, 5) is 2.17. The van der Waals surface area contributed by atoms with Crippen LogP contribution in [0.5, 0.6) is 0 Å². The maximum atomic E-state index is 8.79. The number of halogens is 1. The second-order valence-corrected chi connectivity index (χ2v) is 5.48. The highest BCUT2D eigenvalue weighted by Gasteiger charge is 2.02. The quantitative estimate of drug-likeness (QED) is 0.851. The van der Waals surface area contributed by atoms with Gasteiger partial charge in [-0.05, 0) is 42.5 Å². The van der Waals surface area contributed by atoms with Gasteiger partial charge in [0.1, 0.15) is 6.07 Å². The lowest BCUT2D eigenvalue weighted by atomic mass is 10.2. The number of nitriles is 1. The smallest absolute Gasteiger partial charge is 0.101 e. The first-order valence-corrected chi connectivity index (χ1v) is 6.53. The number of rotatable bonds is 2. The Morgan fingerprint density at radius 3 is 2.29 bits per heavy atom. The number of benzene rings is 2. The van der Waals surface area contributed by atoms with Gasteiger partial charge in [0.15, 0.2) is 0 Å². The first kappa shape index (κ1) is 12.0. The number of hydrogen-bond acceptors (Lipinski definition) is 3. The van der Waals surface area contributed by atoms with Crippen LogP contribution >= 0.6 is 27.7 Å². The summed E-state index contributed by atoms with van der Waals surface area (Å²) in [6.45, 7) is 0. The Morgan fingerprint density at radius 2 is 1.71 bits per heavy atom. The number of hydrogen-bond donors (Lipinski definition) is 1. The van der Waals surface area contributed by atoms with Gasteiger partial charge in [0.2, 0.25) is 0 Å². The number of nitrogens with zero attached hydrogens (tertiary/aromatic N) is 1. The minimum atomic E-state index is 0.519. The molecule has 0 aliphatic heterocycles. The van der Waals surface area contributed by atoms with Gasteiger partial charge < -0.3 is 5.73 Å². The van der Waals surface area contributed by atoms with E-state index in [4.69, 9.17) is 11.0 Å². The molecule has 0 saturated carbocycles. The highest BCUT2D eigenvalue weighted by Crippen LogP contribution is 2.30. The van der Waals surface area contributed by atoms with E-state index < -0.39 is 0 Å². The minimum absolute atomic E-state index is 0.519. The maximum absolute atomic E-state index is 8.79. The molecule has 0 aliphatic rings. The standard InChI is InChI=1S/C13H9BrN2S/c14-10-2-5-11(6-3-10)17-12-4-1-9(8-15)13(16)7-12/h1-7H,16H2. The molecule has 2 aromatic carbocycles. The zero-order valence-electron chi connectivity index (χ0n) is 8.85. The monoisotopic (exact) mass is 304 g/mol. The Bertz CT molecular complexity index is 573. The summed E-state index contributed by atoms with van der Waals surface area (Å²) < 4.78 is 1.06. The largest absolute Gasteiger partial charge is 0.398 e. The minimum Gasteiger partial charge on any atom is -0.398 e. The Kier molecular flexibility index (Phi) is 3.72. The van der Waals surface area contributed by atoms with Crippen molar-refractivity contribution in [2.45, 2.75) is 9.79 Å². The van der Waals surface area contributed by atoms with Crippen molar-refractivity contribution in [3.63, 3.8) is 0 Å². The molecule has 0 radical (unpaired) electrons. The molecule has 0 fully saturated rings. The van der Waals surface area contributed by atoms with E-state index in [0.29, 0.717) is 11.3 Å². The average Bonchev–Trinajstić information content (AvgIpc) is 2.32. The number of nitrogens with two attached hydrogens (primary N) is 1. The van der Waals surface area contributed by atoms with Crippen LogP contribution < -0.4 is 5.73 Å². The van der Waals surface area contributed by atoms with Crippen molar-refractivity contribution >= 4 is 33.4 Å². The van der Waals surface area contributed by atoms with Crippen molar-refractivity contribution < 1.29 is 0 Å². The zero-order valence-corrected chi connectivity index (χ0v) is 11.3. The molecule has 0 unspecified atom stereocenters. The molecule has 0 aromatic heterocycles. The molecular formula is C13H9BrN2S. The van der Waals surface area contributed by atoms with Gasteiger partial charge in [0, 0.05) is 14.3 Å². The second kappa shape index (κ2) is 5.26. The van der Waals surface area contributed by atoms with Crippen molar-refractivity contribution in [1.29, 1.82) is 5.26 Å². The summed E-state index contributed by atoms with van der Waals surface area (Å²) >= 11 is 5.02. The van der Waals surface area contributed by atoms with E-state index in [1.165, 1.54) is 0 Å². The molecule has 2 nitrogen and oxygen atoms in total. The van der Waals surface area contributed by atoms with Gasteiger partial charge in [0.05, 0.1) is 11.3 Å². The summed E-state index contributed by atoms with van der Waals surface area (Å²) in [6.07, 6.45) is 0. The molecule has 84 valence electrons. The van der Waals surface area contributed by atoms with Crippen LogP contribution in [0.15, 0.2) is 56.7 Å². The van der Waals surface area contributed by atoms with E-state index in [0.717, 1.165) is 14.3 Å². The van der Waals surface area contributed by atoms with Crippen LogP contribution in [0, 0.1) is 11.3 Å². The Labute approximate surface area is 113 Å². The van der Waals surface area contributed by atoms with E-state index >= 15 is 0 Å². The summed E-state index contributed by atoms with van der Waals surface area (Å²) in [5, 5.41) is 8.79. The van der Waals surface area contributed by atoms with E-state index in [9.17, 15) is 0 Å². The lowest BCUT2D eigenvalue weighted by molar-refractivity contribution is 1.38. The van der Waals surface area contributed by atoms with Crippen molar-refractivity contribution in [1.82, 2.24) is 0 Å². The van der Waals surface area contributed by atoms with Crippen LogP contribution in [0.1, 0.15) is 5.56 Å². The maximum Gasteiger partial charge on any atom is 0.101 e. The molecule has 2 rings (SSSR count). The fourth-order valence-electron chi connectivity index (χ4n) is 1.34. The Morgan fingerprint density at radius 1 is 1.06 bits per heavy atom. The SMILES string of the molecule is N#Cc1ccc(Sc2ccc(Br)cc2)cc1N. The summed E-state index contributed by atoms with van der Waals surface area (Å²) in [5.74, 6) is 0. The van der Waals surface area contributed by atoms with E-state index in [-0.39, 0.29) is 0 Å². The highest BCUT2D eigenvalue weighted by molar-refractivity contribution is 9.10. The molecule has 4 heteroatoms. The summed E-state index contributed by atoms with van der Waals surface area (Å²) in [5.41, 5.74) is 6.81. The third-order valence-electron chi connectivity index (χ3n) is 2.19. The lowest BCUT2D eigenvalue weighted by Gasteiger charge is -2.04. The van der Waals surface area contributed by atoms with Crippen molar-refractivity contribution in [2.24, 2.45) is 0 Å². The predicted molar refractivity (Wildman–Crippen MR) is 73.8 cm³/mol. The summed E-state index contributed by atoms with van der Waals surface area (Å²) in [7, 11) is 0. The van der Waals surface area contributed by atoms with Crippen molar-refractivity contribution in [3.8, 4) is 6.07 Å². The molecule has 0 saturated heterocycles.